The van der Waals surface area contributed by atoms with Crippen molar-refractivity contribution in [3.05, 3.63) is 29.3 Å². The maximum absolute atomic E-state index is 10.8. The van der Waals surface area contributed by atoms with E-state index in [0.29, 0.717) is 30.3 Å². The number of halogens is 1. The Kier molecular flexibility index (Phi) is 2.87. The Bertz CT molecular complexity index is 679. The monoisotopic (exact) mass is 278 g/mol. The van der Waals surface area contributed by atoms with Gasteiger partial charge in [-0.05, 0) is 18.1 Å². The molecule has 0 bridgehead atoms. The largest absolute Gasteiger partial charge is 0.465 e. The van der Waals surface area contributed by atoms with Gasteiger partial charge in [0.15, 0.2) is 0 Å². The second-order valence-electron chi connectivity index (χ2n) is 4.32. The molecule has 2 N–H and O–H groups in total. The van der Waals surface area contributed by atoms with Crippen LogP contribution in [0.15, 0.2) is 18.5 Å². The predicted octanol–water partition coefficient (Wildman–Crippen LogP) is 2.38. The number of aromatic nitrogens is 3. The fourth-order valence-corrected chi connectivity index (χ4v) is 2.36. The van der Waals surface area contributed by atoms with Crippen molar-refractivity contribution in [2.24, 2.45) is 0 Å². The van der Waals surface area contributed by atoms with E-state index in [1.54, 1.807) is 0 Å². The topological polar surface area (TPSA) is 82.1 Å². The Balaban J connectivity index is 1.93. The highest BCUT2D eigenvalue weighted by atomic mass is 35.5. The van der Waals surface area contributed by atoms with Crippen LogP contribution in [0.1, 0.15) is 12.1 Å². The van der Waals surface area contributed by atoms with Crippen LogP contribution in [0.25, 0.3) is 16.6 Å². The molecule has 0 spiro atoms. The molecule has 19 heavy (non-hydrogen) atoms. The van der Waals surface area contributed by atoms with E-state index in [0.717, 1.165) is 16.7 Å². The zero-order valence-electron chi connectivity index (χ0n) is 9.93. The molecule has 2 aromatic heterocycles. The molecule has 6 nitrogen and oxygen atoms in total. The van der Waals surface area contributed by atoms with Crippen LogP contribution < -0.4 is 0 Å². The van der Waals surface area contributed by atoms with Gasteiger partial charge in [0.25, 0.3) is 0 Å². The molecule has 0 aromatic carbocycles. The minimum Gasteiger partial charge on any atom is -0.465 e. The molecule has 0 radical (unpaired) electrons. The first-order chi connectivity index (χ1) is 9.15. The number of carbonyl (C=O) groups is 1. The first-order valence-corrected chi connectivity index (χ1v) is 6.19. The normalized spacial score (nSPS) is 15.6. The van der Waals surface area contributed by atoms with Crippen LogP contribution in [0.3, 0.4) is 0 Å². The van der Waals surface area contributed by atoms with Crippen molar-refractivity contribution < 1.29 is 9.90 Å². The lowest BCUT2D eigenvalue weighted by Crippen LogP contribution is -2.33. The predicted molar refractivity (Wildman–Crippen MR) is 71.1 cm³/mol. The Morgan fingerprint density at radius 2 is 2.32 bits per heavy atom. The van der Waals surface area contributed by atoms with Gasteiger partial charge in [0.1, 0.15) is 17.1 Å². The molecule has 0 saturated carbocycles. The third-order valence-corrected chi connectivity index (χ3v) is 3.50. The van der Waals surface area contributed by atoms with Gasteiger partial charge in [-0.3, -0.25) is 0 Å². The van der Waals surface area contributed by atoms with Crippen LogP contribution in [0.4, 0.5) is 4.79 Å². The zero-order chi connectivity index (χ0) is 13.4. The number of fused-ring (bicyclic) bond motifs is 1. The molecular weight excluding hydrogens is 268 g/mol. The van der Waals surface area contributed by atoms with E-state index in [4.69, 9.17) is 16.7 Å². The number of nitrogens with one attached hydrogen (secondary N) is 1. The molecule has 0 fully saturated rings. The van der Waals surface area contributed by atoms with Gasteiger partial charge in [-0.1, -0.05) is 17.7 Å². The average Bonchev–Trinajstić information content (AvgIpc) is 2.84. The van der Waals surface area contributed by atoms with Gasteiger partial charge in [0.05, 0.1) is 5.39 Å². The van der Waals surface area contributed by atoms with E-state index in [2.05, 4.69) is 15.0 Å². The van der Waals surface area contributed by atoms with Crippen molar-refractivity contribution in [2.45, 2.75) is 6.42 Å². The quantitative estimate of drug-likeness (QED) is 0.785. The van der Waals surface area contributed by atoms with E-state index < -0.39 is 6.09 Å². The molecule has 1 amide bonds. The maximum atomic E-state index is 10.8. The van der Waals surface area contributed by atoms with Crippen molar-refractivity contribution in [3.8, 4) is 0 Å². The molecule has 7 heteroatoms. The summed E-state index contributed by atoms with van der Waals surface area (Å²) in [7, 11) is 0. The number of hydrogen-bond acceptors (Lipinski definition) is 3. The third-order valence-electron chi connectivity index (χ3n) is 3.20. The number of carboxylic acid groups (broad SMARTS) is 1. The molecule has 98 valence electrons. The van der Waals surface area contributed by atoms with Gasteiger partial charge in [0.2, 0.25) is 0 Å². The van der Waals surface area contributed by atoms with Crippen molar-refractivity contribution in [1.82, 2.24) is 19.9 Å². The zero-order valence-corrected chi connectivity index (χ0v) is 10.7. The van der Waals surface area contributed by atoms with E-state index in [1.807, 2.05) is 12.1 Å². The van der Waals surface area contributed by atoms with Gasteiger partial charge >= 0.3 is 6.09 Å². The summed E-state index contributed by atoms with van der Waals surface area (Å²) in [5.74, 6) is 0. The Morgan fingerprint density at radius 1 is 1.47 bits per heavy atom. The first-order valence-electron chi connectivity index (χ1n) is 5.81. The second-order valence-corrected chi connectivity index (χ2v) is 4.68. The molecule has 1 aliphatic heterocycles. The van der Waals surface area contributed by atoms with Gasteiger partial charge < -0.3 is 15.0 Å². The number of hydrogen-bond donors (Lipinski definition) is 2. The van der Waals surface area contributed by atoms with Crippen molar-refractivity contribution in [3.63, 3.8) is 0 Å². The van der Waals surface area contributed by atoms with Gasteiger partial charge in [-0.25, -0.2) is 14.8 Å². The van der Waals surface area contributed by atoms with Crippen LogP contribution in [-0.4, -0.2) is 44.1 Å². The van der Waals surface area contributed by atoms with Crippen molar-refractivity contribution in [2.75, 3.05) is 13.1 Å². The van der Waals surface area contributed by atoms with Crippen LogP contribution in [0.2, 0.25) is 5.15 Å². The van der Waals surface area contributed by atoms with Crippen LogP contribution in [-0.2, 0) is 0 Å². The minimum atomic E-state index is -0.888. The third kappa shape index (κ3) is 2.15. The number of rotatable bonds is 1. The Hall–Kier alpha value is -2.08. The summed E-state index contributed by atoms with van der Waals surface area (Å²) in [5.41, 5.74) is 2.69. The molecule has 0 unspecified atom stereocenters. The summed E-state index contributed by atoms with van der Waals surface area (Å²) in [6.07, 6.45) is 3.10. The minimum absolute atomic E-state index is 0.402. The fourth-order valence-electron chi connectivity index (χ4n) is 2.17. The summed E-state index contributed by atoms with van der Waals surface area (Å²) in [6.45, 7) is 0.898. The summed E-state index contributed by atoms with van der Waals surface area (Å²) in [6, 6.07) is 1.90. The van der Waals surface area contributed by atoms with Crippen molar-refractivity contribution >= 4 is 34.3 Å². The van der Waals surface area contributed by atoms with Crippen LogP contribution in [0.5, 0.6) is 0 Å². The maximum Gasteiger partial charge on any atom is 0.407 e. The average molecular weight is 279 g/mol. The Morgan fingerprint density at radius 3 is 2.95 bits per heavy atom. The number of H-pyrrole nitrogens is 1. The van der Waals surface area contributed by atoms with E-state index in [1.165, 1.54) is 11.2 Å². The van der Waals surface area contributed by atoms with Gasteiger partial charge in [0, 0.05) is 18.8 Å². The summed E-state index contributed by atoms with van der Waals surface area (Å²) in [4.78, 5) is 23.4. The smallest absolute Gasteiger partial charge is 0.407 e. The summed E-state index contributed by atoms with van der Waals surface area (Å²) >= 11 is 6.00. The van der Waals surface area contributed by atoms with E-state index >= 15 is 0 Å². The molecule has 0 atom stereocenters. The standard InChI is InChI=1S/C12H11ClN4O2/c13-10-8-5-9(16-11(8)15-6-14-10)7-1-3-17(4-2-7)12(18)19/h1,5-6H,2-4H2,(H,18,19)(H,14,15,16). The lowest BCUT2D eigenvalue weighted by Gasteiger charge is -2.23. The fraction of sp³-hybridized carbons (Fsp3) is 0.250. The molecule has 3 rings (SSSR count). The van der Waals surface area contributed by atoms with E-state index in [9.17, 15) is 4.79 Å². The second kappa shape index (κ2) is 4.55. The van der Waals surface area contributed by atoms with Gasteiger partial charge in [-0.2, -0.15) is 0 Å². The molecular formula is C12H11ClN4O2. The first kappa shape index (κ1) is 12.0. The van der Waals surface area contributed by atoms with E-state index in [-0.39, 0.29) is 0 Å². The van der Waals surface area contributed by atoms with Crippen LogP contribution in [0, 0.1) is 0 Å². The number of amides is 1. The Labute approximate surface area is 113 Å². The lowest BCUT2D eigenvalue weighted by molar-refractivity contribution is 0.150. The highest BCUT2D eigenvalue weighted by molar-refractivity contribution is 6.34. The number of nitrogens with zero attached hydrogens (tertiary/aromatic N) is 3. The lowest BCUT2D eigenvalue weighted by atomic mass is 10.1. The highest BCUT2D eigenvalue weighted by Gasteiger charge is 2.18. The number of aromatic amines is 1. The molecule has 0 aliphatic carbocycles. The SMILES string of the molecule is O=C(O)N1CC=C(c2cc3c(Cl)ncnc3[nH]2)CC1. The molecule has 1 aliphatic rings. The summed E-state index contributed by atoms with van der Waals surface area (Å²) in [5, 5.41) is 10.1. The highest BCUT2D eigenvalue weighted by Crippen LogP contribution is 2.27. The molecule has 2 aromatic rings. The van der Waals surface area contributed by atoms with Gasteiger partial charge in [-0.15, -0.1) is 0 Å². The molecule has 0 saturated heterocycles. The van der Waals surface area contributed by atoms with Crippen LogP contribution >= 0.6 is 11.6 Å². The molecule has 3 heterocycles. The van der Waals surface area contributed by atoms with Crippen molar-refractivity contribution in [1.29, 1.82) is 0 Å². The summed E-state index contributed by atoms with van der Waals surface area (Å²) < 4.78 is 0.